The van der Waals surface area contributed by atoms with E-state index in [0.29, 0.717) is 17.5 Å². The molecule has 0 N–H and O–H groups in total. The monoisotopic (exact) mass is 283 g/mol. The molecule has 0 spiro atoms. The summed E-state index contributed by atoms with van der Waals surface area (Å²) >= 11 is 7.87. The molecule has 0 saturated carbocycles. The van der Waals surface area contributed by atoms with Crippen molar-refractivity contribution in [2.75, 3.05) is 6.61 Å². The van der Waals surface area contributed by atoms with Crippen LogP contribution in [0.4, 0.5) is 0 Å². The Morgan fingerprint density at radius 3 is 2.91 bits per heavy atom. The third-order valence-electron chi connectivity index (χ3n) is 1.08. The number of rotatable bonds is 2. The summed E-state index contributed by atoms with van der Waals surface area (Å²) < 4.78 is 6.07. The van der Waals surface area contributed by atoms with Gasteiger partial charge >= 0.3 is 0 Å². The van der Waals surface area contributed by atoms with Crippen LogP contribution in [0.3, 0.4) is 0 Å². The Bertz CT molecular complexity index is 254. The number of nitrogens with zero attached hydrogens (tertiary/aromatic N) is 1. The molecule has 0 aromatic carbocycles. The number of aromatic nitrogens is 1. The molecule has 11 heavy (non-hydrogen) atoms. The first-order valence-electron chi connectivity index (χ1n) is 3.19. The zero-order valence-electron chi connectivity index (χ0n) is 5.97. The van der Waals surface area contributed by atoms with E-state index in [1.807, 2.05) is 19.1 Å². The molecule has 2 nitrogen and oxygen atoms in total. The molecule has 1 aromatic rings. The Morgan fingerprint density at radius 2 is 2.36 bits per heavy atom. The third kappa shape index (κ3) is 2.48. The summed E-state index contributed by atoms with van der Waals surface area (Å²) in [4.78, 5) is 4.02. The lowest BCUT2D eigenvalue weighted by atomic mass is 10.5. The van der Waals surface area contributed by atoms with Crippen molar-refractivity contribution < 1.29 is 4.74 Å². The normalized spacial score (nSPS) is 9.73. The molecule has 4 heteroatoms. The van der Waals surface area contributed by atoms with Crippen LogP contribution in [-0.2, 0) is 0 Å². The van der Waals surface area contributed by atoms with Gasteiger partial charge in [0.2, 0.25) is 0 Å². The molecule has 0 unspecified atom stereocenters. The van der Waals surface area contributed by atoms with Gasteiger partial charge in [-0.1, -0.05) is 11.6 Å². The lowest BCUT2D eigenvalue weighted by molar-refractivity contribution is 0.339. The highest BCUT2D eigenvalue weighted by atomic mass is 127. The molecule has 0 fully saturated rings. The van der Waals surface area contributed by atoms with Crippen LogP contribution in [0.2, 0.25) is 5.15 Å². The zero-order valence-corrected chi connectivity index (χ0v) is 8.89. The molecule has 0 atom stereocenters. The average Bonchev–Trinajstić information content (AvgIpc) is 1.95. The predicted octanol–water partition coefficient (Wildman–Crippen LogP) is 2.74. The average molecular weight is 283 g/mol. The van der Waals surface area contributed by atoms with E-state index in [1.165, 1.54) is 0 Å². The van der Waals surface area contributed by atoms with Crippen LogP contribution in [-0.4, -0.2) is 11.6 Å². The molecular weight excluding hydrogens is 276 g/mol. The molecule has 0 aliphatic carbocycles. The molecule has 0 aliphatic heterocycles. The summed E-state index contributed by atoms with van der Waals surface area (Å²) in [6.45, 7) is 2.52. The minimum Gasteiger partial charge on any atom is -0.491 e. The SMILES string of the molecule is CCOc1ccc(I)nc1Cl. The minimum atomic E-state index is 0.429. The van der Waals surface area contributed by atoms with Crippen LogP contribution in [0, 0.1) is 3.70 Å². The fourth-order valence-electron chi connectivity index (χ4n) is 0.663. The van der Waals surface area contributed by atoms with Gasteiger partial charge in [-0.15, -0.1) is 0 Å². The maximum absolute atomic E-state index is 5.77. The largest absolute Gasteiger partial charge is 0.491 e. The highest BCUT2D eigenvalue weighted by Gasteiger charge is 2.01. The van der Waals surface area contributed by atoms with Gasteiger partial charge in [0.1, 0.15) is 3.70 Å². The molecule has 1 heterocycles. The second-order valence-electron chi connectivity index (χ2n) is 1.86. The van der Waals surface area contributed by atoms with Gasteiger partial charge < -0.3 is 4.74 Å². The van der Waals surface area contributed by atoms with E-state index in [4.69, 9.17) is 16.3 Å². The standard InChI is InChI=1S/C7H7ClINO/c1-2-11-5-3-4-6(9)10-7(5)8/h3-4H,2H2,1H3. The highest BCUT2D eigenvalue weighted by Crippen LogP contribution is 2.22. The molecule has 0 amide bonds. The molecule has 0 bridgehead atoms. The van der Waals surface area contributed by atoms with Gasteiger partial charge in [0.05, 0.1) is 6.61 Å². The minimum absolute atomic E-state index is 0.429. The van der Waals surface area contributed by atoms with Crippen LogP contribution >= 0.6 is 34.2 Å². The zero-order chi connectivity index (χ0) is 8.27. The van der Waals surface area contributed by atoms with Crippen molar-refractivity contribution in [2.24, 2.45) is 0 Å². The molecule has 1 rings (SSSR count). The Balaban J connectivity index is 2.90. The number of pyridine rings is 1. The second kappa shape index (κ2) is 4.11. The van der Waals surface area contributed by atoms with Crippen molar-refractivity contribution in [3.63, 3.8) is 0 Å². The van der Waals surface area contributed by atoms with Crippen LogP contribution in [0.1, 0.15) is 6.92 Å². The van der Waals surface area contributed by atoms with Crippen molar-refractivity contribution in [3.05, 3.63) is 21.0 Å². The van der Waals surface area contributed by atoms with Gasteiger partial charge in [0.25, 0.3) is 0 Å². The first-order chi connectivity index (χ1) is 5.24. The van der Waals surface area contributed by atoms with Crippen molar-refractivity contribution in [2.45, 2.75) is 6.92 Å². The second-order valence-corrected chi connectivity index (χ2v) is 3.32. The van der Waals surface area contributed by atoms with Crippen molar-refractivity contribution in [1.82, 2.24) is 4.98 Å². The van der Waals surface area contributed by atoms with Crippen molar-refractivity contribution in [3.8, 4) is 5.75 Å². The number of hydrogen-bond acceptors (Lipinski definition) is 2. The van der Waals surface area contributed by atoms with Gasteiger partial charge in [-0.05, 0) is 41.6 Å². The Labute approximate surface area is 84.1 Å². The van der Waals surface area contributed by atoms with Crippen LogP contribution in [0.25, 0.3) is 0 Å². The molecular formula is C7H7ClINO. The van der Waals surface area contributed by atoms with Gasteiger partial charge in [-0.2, -0.15) is 0 Å². The molecule has 60 valence electrons. The lowest BCUT2D eigenvalue weighted by Crippen LogP contribution is -1.93. The van der Waals surface area contributed by atoms with E-state index >= 15 is 0 Å². The third-order valence-corrected chi connectivity index (χ3v) is 1.95. The first-order valence-corrected chi connectivity index (χ1v) is 4.64. The summed E-state index contributed by atoms with van der Waals surface area (Å²) in [7, 11) is 0. The fourth-order valence-corrected chi connectivity index (χ4v) is 1.43. The smallest absolute Gasteiger partial charge is 0.172 e. The van der Waals surface area contributed by atoms with Crippen LogP contribution in [0.15, 0.2) is 12.1 Å². The summed E-state index contributed by atoms with van der Waals surface area (Å²) in [5, 5.41) is 0.429. The van der Waals surface area contributed by atoms with Gasteiger partial charge in [0.15, 0.2) is 10.9 Å². The summed E-state index contributed by atoms with van der Waals surface area (Å²) in [5.74, 6) is 0.648. The van der Waals surface area contributed by atoms with Gasteiger partial charge in [-0.25, -0.2) is 4.98 Å². The van der Waals surface area contributed by atoms with E-state index < -0.39 is 0 Å². The maximum Gasteiger partial charge on any atom is 0.172 e. The van der Waals surface area contributed by atoms with E-state index in [-0.39, 0.29) is 0 Å². The van der Waals surface area contributed by atoms with E-state index in [2.05, 4.69) is 27.6 Å². The Hall–Kier alpha value is -0.0300. The topological polar surface area (TPSA) is 22.1 Å². The molecule has 0 aliphatic rings. The fraction of sp³-hybridized carbons (Fsp3) is 0.286. The summed E-state index contributed by atoms with van der Waals surface area (Å²) in [6.07, 6.45) is 0. The molecule has 0 radical (unpaired) electrons. The molecule has 1 aromatic heterocycles. The molecule has 0 saturated heterocycles. The quantitative estimate of drug-likeness (QED) is 0.615. The van der Waals surface area contributed by atoms with E-state index in [9.17, 15) is 0 Å². The van der Waals surface area contributed by atoms with Crippen LogP contribution < -0.4 is 4.74 Å². The first kappa shape index (κ1) is 9.06. The van der Waals surface area contributed by atoms with E-state index in [1.54, 1.807) is 0 Å². The van der Waals surface area contributed by atoms with Gasteiger partial charge in [0, 0.05) is 0 Å². The maximum atomic E-state index is 5.77. The number of hydrogen-bond donors (Lipinski definition) is 0. The van der Waals surface area contributed by atoms with Crippen molar-refractivity contribution >= 4 is 34.2 Å². The highest BCUT2D eigenvalue weighted by molar-refractivity contribution is 14.1. The summed E-state index contributed by atoms with van der Waals surface area (Å²) in [6, 6.07) is 3.68. The Kier molecular flexibility index (Phi) is 3.39. The number of halogens is 2. The summed E-state index contributed by atoms with van der Waals surface area (Å²) in [5.41, 5.74) is 0. The predicted molar refractivity (Wildman–Crippen MR) is 53.1 cm³/mol. The van der Waals surface area contributed by atoms with E-state index in [0.717, 1.165) is 3.70 Å². The Morgan fingerprint density at radius 1 is 1.64 bits per heavy atom. The van der Waals surface area contributed by atoms with Crippen LogP contribution in [0.5, 0.6) is 5.75 Å². The van der Waals surface area contributed by atoms with Gasteiger partial charge in [-0.3, -0.25) is 0 Å². The van der Waals surface area contributed by atoms with Crippen molar-refractivity contribution in [1.29, 1.82) is 0 Å². The number of ether oxygens (including phenoxy) is 1. The lowest BCUT2D eigenvalue weighted by Gasteiger charge is -2.03.